The SMILES string of the molecule is CCc1nccn1CCC(=O)NCCC1CCCCN1S(C)(=O)=O. The summed E-state index contributed by atoms with van der Waals surface area (Å²) in [7, 11) is -3.16. The summed E-state index contributed by atoms with van der Waals surface area (Å²) in [6, 6.07) is 0.00870. The van der Waals surface area contributed by atoms with Crippen LogP contribution in [0.4, 0.5) is 0 Å². The molecule has 1 amide bonds. The Balaban J connectivity index is 1.73. The summed E-state index contributed by atoms with van der Waals surface area (Å²) in [5, 5.41) is 2.91. The fraction of sp³-hybridized carbons (Fsp3) is 0.750. The normalized spacial score (nSPS) is 19.3. The van der Waals surface area contributed by atoms with Crippen molar-refractivity contribution in [2.45, 2.75) is 58.0 Å². The zero-order chi connectivity index (χ0) is 17.6. The van der Waals surface area contributed by atoms with Gasteiger partial charge in [-0.05, 0) is 19.3 Å². The van der Waals surface area contributed by atoms with Crippen molar-refractivity contribution in [1.82, 2.24) is 19.2 Å². The lowest BCUT2D eigenvalue weighted by molar-refractivity contribution is -0.121. The van der Waals surface area contributed by atoms with Crippen LogP contribution >= 0.6 is 0 Å². The van der Waals surface area contributed by atoms with Crippen LogP contribution in [-0.2, 0) is 27.8 Å². The summed E-state index contributed by atoms with van der Waals surface area (Å²) in [6.07, 6.45) is 9.66. The maximum Gasteiger partial charge on any atom is 0.221 e. The molecule has 136 valence electrons. The molecule has 8 heteroatoms. The van der Waals surface area contributed by atoms with E-state index in [9.17, 15) is 13.2 Å². The summed E-state index contributed by atoms with van der Waals surface area (Å²) in [5.41, 5.74) is 0. The zero-order valence-electron chi connectivity index (χ0n) is 14.6. The van der Waals surface area contributed by atoms with Crippen LogP contribution in [-0.4, -0.2) is 53.6 Å². The topological polar surface area (TPSA) is 84.3 Å². The molecular formula is C16H28N4O3S. The fourth-order valence-corrected chi connectivity index (χ4v) is 4.46. The van der Waals surface area contributed by atoms with Crippen molar-refractivity contribution in [2.24, 2.45) is 0 Å². The number of hydrogen-bond donors (Lipinski definition) is 1. The van der Waals surface area contributed by atoms with Crippen LogP contribution in [0.2, 0.25) is 0 Å². The number of imidazole rings is 1. The van der Waals surface area contributed by atoms with Gasteiger partial charge in [0.25, 0.3) is 0 Å². The highest BCUT2D eigenvalue weighted by Gasteiger charge is 2.28. The van der Waals surface area contributed by atoms with Gasteiger partial charge in [-0.25, -0.2) is 13.4 Å². The van der Waals surface area contributed by atoms with Gasteiger partial charge in [0, 0.05) is 50.9 Å². The third kappa shape index (κ3) is 5.31. The predicted octanol–water partition coefficient (Wildman–Crippen LogP) is 1.16. The first kappa shape index (κ1) is 18.9. The Kier molecular flexibility index (Phi) is 6.79. The van der Waals surface area contributed by atoms with Crippen molar-refractivity contribution < 1.29 is 13.2 Å². The molecule has 2 heterocycles. The number of sulfonamides is 1. The Morgan fingerprint density at radius 3 is 2.92 bits per heavy atom. The summed E-state index contributed by atoms with van der Waals surface area (Å²) in [6.45, 7) is 3.77. The molecule has 1 saturated heterocycles. The van der Waals surface area contributed by atoms with E-state index >= 15 is 0 Å². The highest BCUT2D eigenvalue weighted by atomic mass is 32.2. The third-order valence-corrected chi connectivity index (χ3v) is 5.83. The van der Waals surface area contributed by atoms with Crippen LogP contribution in [0.25, 0.3) is 0 Å². The summed E-state index contributed by atoms with van der Waals surface area (Å²) in [4.78, 5) is 16.2. The molecule has 0 radical (unpaired) electrons. The first-order chi connectivity index (χ1) is 11.4. The van der Waals surface area contributed by atoms with Crippen LogP contribution in [0.15, 0.2) is 12.4 Å². The maximum absolute atomic E-state index is 12.0. The van der Waals surface area contributed by atoms with E-state index in [2.05, 4.69) is 10.3 Å². The number of nitrogens with one attached hydrogen (secondary N) is 1. The predicted molar refractivity (Wildman–Crippen MR) is 93.0 cm³/mol. The molecule has 1 fully saturated rings. The Bertz CT molecular complexity index is 642. The molecule has 1 N–H and O–H groups in total. The van der Waals surface area contributed by atoms with Crippen LogP contribution in [0.3, 0.4) is 0 Å². The van der Waals surface area contributed by atoms with Gasteiger partial charge in [0.15, 0.2) is 0 Å². The number of carbonyl (C=O) groups is 1. The lowest BCUT2D eigenvalue weighted by atomic mass is 10.0. The number of carbonyl (C=O) groups excluding carboxylic acids is 1. The van der Waals surface area contributed by atoms with Crippen LogP contribution < -0.4 is 5.32 Å². The standard InChI is InChI=1S/C16H28N4O3S/c1-3-15-17-10-13-19(15)12-8-16(21)18-9-7-14-6-4-5-11-20(14)24(2,22)23/h10,13-14H,3-9,11-12H2,1-2H3,(H,18,21). The quantitative estimate of drug-likeness (QED) is 0.757. The first-order valence-electron chi connectivity index (χ1n) is 8.65. The number of nitrogens with zero attached hydrogens (tertiary/aromatic N) is 3. The molecule has 24 heavy (non-hydrogen) atoms. The first-order valence-corrected chi connectivity index (χ1v) is 10.5. The molecule has 0 spiro atoms. The van der Waals surface area contributed by atoms with E-state index in [1.54, 1.807) is 10.5 Å². The zero-order valence-corrected chi connectivity index (χ0v) is 15.4. The van der Waals surface area contributed by atoms with E-state index in [1.807, 2.05) is 17.7 Å². The molecule has 0 bridgehead atoms. The Labute approximate surface area is 144 Å². The third-order valence-electron chi connectivity index (χ3n) is 4.50. The van der Waals surface area contributed by atoms with Gasteiger partial charge < -0.3 is 9.88 Å². The number of aryl methyl sites for hydroxylation is 2. The summed E-state index contributed by atoms with van der Waals surface area (Å²) < 4.78 is 27.2. The second kappa shape index (κ2) is 8.62. The smallest absolute Gasteiger partial charge is 0.221 e. The highest BCUT2D eigenvalue weighted by Crippen LogP contribution is 2.21. The molecule has 0 aliphatic carbocycles. The van der Waals surface area contributed by atoms with Crippen molar-refractivity contribution in [3.63, 3.8) is 0 Å². The maximum atomic E-state index is 12.0. The molecule has 1 aliphatic rings. The molecule has 1 aromatic rings. The van der Waals surface area contributed by atoms with Crippen molar-refractivity contribution in [3.8, 4) is 0 Å². The molecule has 0 saturated carbocycles. The second-order valence-corrected chi connectivity index (χ2v) is 8.24. The lowest BCUT2D eigenvalue weighted by Crippen LogP contribution is -2.44. The summed E-state index contributed by atoms with van der Waals surface area (Å²) >= 11 is 0. The number of aromatic nitrogens is 2. The molecule has 1 unspecified atom stereocenters. The minimum Gasteiger partial charge on any atom is -0.356 e. The van der Waals surface area contributed by atoms with Crippen molar-refractivity contribution in [1.29, 1.82) is 0 Å². The van der Waals surface area contributed by atoms with Gasteiger partial charge in [0.1, 0.15) is 5.82 Å². The molecule has 2 rings (SSSR count). The van der Waals surface area contributed by atoms with Gasteiger partial charge in [0.05, 0.1) is 6.26 Å². The molecule has 7 nitrogen and oxygen atoms in total. The van der Waals surface area contributed by atoms with E-state index in [0.717, 1.165) is 31.5 Å². The van der Waals surface area contributed by atoms with Crippen molar-refractivity contribution >= 4 is 15.9 Å². The molecule has 0 aromatic carbocycles. The van der Waals surface area contributed by atoms with E-state index in [0.29, 0.717) is 32.5 Å². The average molecular weight is 356 g/mol. The largest absolute Gasteiger partial charge is 0.356 e. The average Bonchev–Trinajstić information content (AvgIpc) is 3.00. The van der Waals surface area contributed by atoms with Gasteiger partial charge in [0.2, 0.25) is 15.9 Å². The monoisotopic (exact) mass is 356 g/mol. The minimum atomic E-state index is -3.16. The molecule has 1 aliphatic heterocycles. The fourth-order valence-electron chi connectivity index (χ4n) is 3.25. The van der Waals surface area contributed by atoms with E-state index in [-0.39, 0.29) is 11.9 Å². The Hall–Kier alpha value is -1.41. The minimum absolute atomic E-state index is 0.00697. The van der Waals surface area contributed by atoms with Gasteiger partial charge in [-0.2, -0.15) is 4.31 Å². The number of hydrogen-bond acceptors (Lipinski definition) is 4. The second-order valence-electron chi connectivity index (χ2n) is 6.30. The molecular weight excluding hydrogens is 328 g/mol. The van der Waals surface area contributed by atoms with Gasteiger partial charge in [-0.1, -0.05) is 13.3 Å². The van der Waals surface area contributed by atoms with E-state index in [1.165, 1.54) is 6.26 Å². The number of amides is 1. The van der Waals surface area contributed by atoms with Gasteiger partial charge in [-0.15, -0.1) is 0 Å². The van der Waals surface area contributed by atoms with E-state index < -0.39 is 10.0 Å². The van der Waals surface area contributed by atoms with Crippen molar-refractivity contribution in [2.75, 3.05) is 19.3 Å². The van der Waals surface area contributed by atoms with Gasteiger partial charge >= 0.3 is 0 Å². The summed E-state index contributed by atoms with van der Waals surface area (Å²) in [5.74, 6) is 0.973. The molecule has 1 aromatic heterocycles. The Morgan fingerprint density at radius 1 is 1.42 bits per heavy atom. The number of piperidine rings is 1. The van der Waals surface area contributed by atoms with Crippen LogP contribution in [0.1, 0.15) is 44.9 Å². The molecule has 1 atom stereocenters. The lowest BCUT2D eigenvalue weighted by Gasteiger charge is -2.33. The van der Waals surface area contributed by atoms with Crippen LogP contribution in [0.5, 0.6) is 0 Å². The highest BCUT2D eigenvalue weighted by molar-refractivity contribution is 7.88. The van der Waals surface area contributed by atoms with Crippen molar-refractivity contribution in [3.05, 3.63) is 18.2 Å². The van der Waals surface area contributed by atoms with Gasteiger partial charge in [-0.3, -0.25) is 4.79 Å². The Morgan fingerprint density at radius 2 is 2.21 bits per heavy atom. The van der Waals surface area contributed by atoms with Crippen LogP contribution in [0, 0.1) is 0 Å². The number of rotatable bonds is 8. The van der Waals surface area contributed by atoms with E-state index in [4.69, 9.17) is 0 Å².